The molecule has 0 aliphatic heterocycles. The minimum atomic E-state index is -1.09. The highest BCUT2D eigenvalue weighted by Crippen LogP contribution is 2.28. The lowest BCUT2D eigenvalue weighted by Crippen LogP contribution is -2.47. The first kappa shape index (κ1) is 22.3. The summed E-state index contributed by atoms with van der Waals surface area (Å²) in [7, 11) is 0. The van der Waals surface area contributed by atoms with Gasteiger partial charge in [-0.05, 0) is 42.5 Å². The molecule has 2 amide bonds. The predicted molar refractivity (Wildman–Crippen MR) is 121 cm³/mol. The van der Waals surface area contributed by atoms with Gasteiger partial charge in [0.05, 0.1) is 19.2 Å². The number of furan rings is 1. The highest BCUT2D eigenvalue weighted by Gasteiger charge is 2.35. The number of benzene rings is 1. The molecule has 4 rings (SSSR count). The van der Waals surface area contributed by atoms with E-state index in [9.17, 15) is 14.0 Å². The van der Waals surface area contributed by atoms with Gasteiger partial charge in [-0.2, -0.15) is 0 Å². The number of hydrogen-bond acceptors (Lipinski definition) is 4. The van der Waals surface area contributed by atoms with Crippen LogP contribution in [0.25, 0.3) is 0 Å². The lowest BCUT2D eigenvalue weighted by atomic mass is 9.94. The van der Waals surface area contributed by atoms with E-state index in [2.05, 4.69) is 5.32 Å². The van der Waals surface area contributed by atoms with E-state index >= 15 is 0 Å². The van der Waals surface area contributed by atoms with E-state index < -0.39 is 11.9 Å². The monoisotopic (exact) mass is 454 g/mol. The molecule has 168 valence electrons. The largest absolute Gasteiger partial charge is 0.467 e. The van der Waals surface area contributed by atoms with Gasteiger partial charge in [0.1, 0.15) is 17.6 Å². The molecule has 3 aromatic rings. The standard InChI is InChI=1S/C25H27FN2O3S/c26-22-13-5-4-12-21(22)24(25(30)27-18-8-2-1-3-9-18)28(17-19-10-6-14-31-19)23(29)16-20-11-7-15-32-20/h4-7,10-15,18,24H,1-3,8-9,16-17H2,(H,27,30)/t24-/m0/s1. The lowest BCUT2D eigenvalue weighted by molar-refractivity contribution is -0.141. The summed E-state index contributed by atoms with van der Waals surface area (Å²) in [5.74, 6) is -0.579. The predicted octanol–water partition coefficient (Wildman–Crippen LogP) is 5.24. The number of thiophene rings is 1. The maximum absolute atomic E-state index is 14.9. The van der Waals surface area contributed by atoms with E-state index in [0.717, 1.165) is 37.0 Å². The smallest absolute Gasteiger partial charge is 0.247 e. The molecule has 2 heterocycles. The zero-order valence-electron chi connectivity index (χ0n) is 17.8. The Labute approximate surface area is 191 Å². The van der Waals surface area contributed by atoms with Crippen molar-refractivity contribution in [2.24, 2.45) is 0 Å². The van der Waals surface area contributed by atoms with E-state index in [1.165, 1.54) is 28.6 Å². The van der Waals surface area contributed by atoms with Crippen LogP contribution in [-0.2, 0) is 22.6 Å². The molecular formula is C25H27FN2O3S. The van der Waals surface area contributed by atoms with Crippen LogP contribution < -0.4 is 5.32 Å². The van der Waals surface area contributed by atoms with Crippen molar-refractivity contribution in [2.45, 2.75) is 57.2 Å². The molecular weight excluding hydrogens is 427 g/mol. The second-order valence-corrected chi connectivity index (χ2v) is 9.16. The van der Waals surface area contributed by atoms with Crippen LogP contribution in [0.2, 0.25) is 0 Å². The van der Waals surface area contributed by atoms with E-state index in [0.29, 0.717) is 5.76 Å². The molecule has 0 bridgehead atoms. The first-order valence-corrected chi connectivity index (χ1v) is 11.9. The van der Waals surface area contributed by atoms with E-state index in [1.807, 2.05) is 17.5 Å². The topological polar surface area (TPSA) is 62.6 Å². The van der Waals surface area contributed by atoms with Gasteiger partial charge >= 0.3 is 0 Å². The van der Waals surface area contributed by atoms with Gasteiger partial charge in [-0.3, -0.25) is 9.59 Å². The summed E-state index contributed by atoms with van der Waals surface area (Å²) >= 11 is 1.48. The average Bonchev–Trinajstić information content (AvgIpc) is 3.49. The summed E-state index contributed by atoms with van der Waals surface area (Å²) in [5.41, 5.74) is 0.187. The fourth-order valence-corrected chi connectivity index (χ4v) is 4.93. The lowest BCUT2D eigenvalue weighted by Gasteiger charge is -2.33. The number of nitrogens with zero attached hydrogens (tertiary/aromatic N) is 1. The molecule has 0 unspecified atom stereocenters. The Hall–Kier alpha value is -2.93. The molecule has 1 N–H and O–H groups in total. The molecule has 7 heteroatoms. The molecule has 32 heavy (non-hydrogen) atoms. The van der Waals surface area contributed by atoms with Gasteiger partial charge in [0.25, 0.3) is 0 Å². The van der Waals surface area contributed by atoms with Crippen LogP contribution in [0.5, 0.6) is 0 Å². The van der Waals surface area contributed by atoms with Crippen molar-refractivity contribution < 1.29 is 18.4 Å². The Morgan fingerprint density at radius 1 is 1.09 bits per heavy atom. The minimum Gasteiger partial charge on any atom is -0.467 e. The third-order valence-corrected chi connectivity index (χ3v) is 6.72. The van der Waals surface area contributed by atoms with Gasteiger partial charge in [0.2, 0.25) is 11.8 Å². The fourth-order valence-electron chi connectivity index (χ4n) is 4.23. The van der Waals surface area contributed by atoms with E-state index in [1.54, 1.807) is 30.3 Å². The van der Waals surface area contributed by atoms with Gasteiger partial charge < -0.3 is 14.6 Å². The first-order chi connectivity index (χ1) is 15.6. The summed E-state index contributed by atoms with van der Waals surface area (Å²) in [6.07, 6.45) is 6.74. The molecule has 1 fully saturated rings. The normalized spacial score (nSPS) is 15.3. The Kier molecular flexibility index (Phi) is 7.37. The third kappa shape index (κ3) is 5.46. The van der Waals surface area contributed by atoms with Crippen LogP contribution in [0, 0.1) is 5.82 Å². The number of rotatable bonds is 8. The summed E-state index contributed by atoms with van der Waals surface area (Å²) in [6.45, 7) is 0.0777. The first-order valence-electron chi connectivity index (χ1n) is 11.0. The average molecular weight is 455 g/mol. The van der Waals surface area contributed by atoms with Crippen molar-refractivity contribution in [1.29, 1.82) is 0 Å². The SMILES string of the molecule is O=C(NC1CCCCC1)[C@H](c1ccccc1F)N(Cc1ccco1)C(=O)Cc1cccs1. The number of halogens is 1. The van der Waals surface area contributed by atoms with Crippen molar-refractivity contribution in [1.82, 2.24) is 10.2 Å². The third-order valence-electron chi connectivity index (χ3n) is 5.84. The second-order valence-electron chi connectivity index (χ2n) is 8.12. The number of amides is 2. The van der Waals surface area contributed by atoms with Crippen molar-refractivity contribution in [3.05, 3.63) is 82.2 Å². The zero-order chi connectivity index (χ0) is 22.3. The maximum atomic E-state index is 14.9. The van der Waals surface area contributed by atoms with Crippen LogP contribution in [0.3, 0.4) is 0 Å². The summed E-state index contributed by atoms with van der Waals surface area (Å²) in [4.78, 5) is 29.3. The number of carbonyl (C=O) groups is 2. The van der Waals surface area contributed by atoms with Gasteiger partial charge in [-0.15, -0.1) is 11.3 Å². The summed E-state index contributed by atoms with van der Waals surface area (Å²) in [5, 5.41) is 5.00. The Balaban J connectivity index is 1.68. The minimum absolute atomic E-state index is 0.0448. The Bertz CT molecular complexity index is 1010. The fraction of sp³-hybridized carbons (Fsp3) is 0.360. The van der Waals surface area contributed by atoms with Crippen LogP contribution >= 0.6 is 11.3 Å². The number of carbonyl (C=O) groups excluding carboxylic acids is 2. The van der Waals surface area contributed by atoms with Crippen molar-refractivity contribution >= 4 is 23.2 Å². The molecule has 2 aromatic heterocycles. The van der Waals surface area contributed by atoms with E-state index in [4.69, 9.17) is 4.42 Å². The van der Waals surface area contributed by atoms with E-state index in [-0.39, 0.29) is 36.4 Å². The summed E-state index contributed by atoms with van der Waals surface area (Å²) < 4.78 is 20.4. The Morgan fingerprint density at radius 3 is 2.59 bits per heavy atom. The number of nitrogens with one attached hydrogen (secondary N) is 1. The highest BCUT2D eigenvalue weighted by atomic mass is 32.1. The molecule has 1 saturated carbocycles. The van der Waals surface area contributed by atoms with Crippen LogP contribution in [0.4, 0.5) is 4.39 Å². The number of hydrogen-bond donors (Lipinski definition) is 1. The van der Waals surface area contributed by atoms with Crippen LogP contribution in [0.1, 0.15) is 54.3 Å². The molecule has 1 atom stereocenters. The molecule has 0 saturated heterocycles. The molecule has 1 aromatic carbocycles. The highest BCUT2D eigenvalue weighted by molar-refractivity contribution is 7.10. The van der Waals surface area contributed by atoms with Gasteiger partial charge in [0.15, 0.2) is 0 Å². The maximum Gasteiger partial charge on any atom is 0.247 e. The van der Waals surface area contributed by atoms with Gasteiger partial charge in [-0.25, -0.2) is 4.39 Å². The van der Waals surface area contributed by atoms with Crippen LogP contribution in [0.15, 0.2) is 64.6 Å². The second kappa shape index (κ2) is 10.6. The van der Waals surface area contributed by atoms with Crippen molar-refractivity contribution in [3.63, 3.8) is 0 Å². The van der Waals surface area contributed by atoms with Crippen LogP contribution in [-0.4, -0.2) is 22.8 Å². The summed E-state index contributed by atoms with van der Waals surface area (Å²) in [6, 6.07) is 12.4. The molecule has 0 radical (unpaired) electrons. The van der Waals surface area contributed by atoms with Gasteiger partial charge in [0, 0.05) is 16.5 Å². The molecule has 1 aliphatic rings. The Morgan fingerprint density at radius 2 is 1.91 bits per heavy atom. The zero-order valence-corrected chi connectivity index (χ0v) is 18.7. The molecule has 5 nitrogen and oxygen atoms in total. The van der Waals surface area contributed by atoms with Crippen molar-refractivity contribution in [3.8, 4) is 0 Å². The molecule has 1 aliphatic carbocycles. The molecule has 0 spiro atoms. The quantitative estimate of drug-likeness (QED) is 0.506. The van der Waals surface area contributed by atoms with Crippen molar-refractivity contribution in [2.75, 3.05) is 0 Å². The van der Waals surface area contributed by atoms with Gasteiger partial charge in [-0.1, -0.05) is 43.5 Å².